The van der Waals surface area contributed by atoms with Gasteiger partial charge in [-0.2, -0.15) is 13.2 Å². The number of carbonyl (C=O) groups excluding carboxylic acids is 1. The van der Waals surface area contributed by atoms with Crippen LogP contribution in [0.4, 0.5) is 17.6 Å². The minimum atomic E-state index is -4.82. The van der Waals surface area contributed by atoms with E-state index in [9.17, 15) is 22.4 Å². The van der Waals surface area contributed by atoms with Crippen molar-refractivity contribution < 1.29 is 22.4 Å². The molecule has 1 aliphatic rings. The van der Waals surface area contributed by atoms with Gasteiger partial charge in [0.05, 0.1) is 0 Å². The van der Waals surface area contributed by atoms with Crippen LogP contribution in [0.25, 0.3) is 10.8 Å². The van der Waals surface area contributed by atoms with Crippen molar-refractivity contribution in [3.05, 3.63) is 47.3 Å². The van der Waals surface area contributed by atoms with Gasteiger partial charge >= 0.3 is 12.1 Å². The van der Waals surface area contributed by atoms with Crippen LogP contribution in [0.2, 0.25) is 0 Å². The summed E-state index contributed by atoms with van der Waals surface area (Å²) in [6.07, 6.45) is -4.33. The average molecular weight is 354 g/mol. The Balaban J connectivity index is 1.65. The van der Waals surface area contributed by atoms with E-state index in [1.807, 2.05) is 19.1 Å². The fourth-order valence-corrected chi connectivity index (χ4v) is 3.24. The largest absolute Gasteiger partial charge is 0.471 e. The van der Waals surface area contributed by atoms with Crippen LogP contribution in [0.15, 0.2) is 30.3 Å². The fraction of sp³-hybridized carbons (Fsp3) is 0.389. The van der Waals surface area contributed by atoms with E-state index >= 15 is 0 Å². The lowest BCUT2D eigenvalue weighted by Crippen LogP contribution is -2.41. The lowest BCUT2D eigenvalue weighted by molar-refractivity contribution is -0.184. The Bertz CT molecular complexity index is 803. The number of aryl methyl sites for hydroxylation is 1. The summed E-state index contributed by atoms with van der Waals surface area (Å²) in [5.41, 5.74) is 2.01. The Morgan fingerprint density at radius 3 is 2.76 bits per heavy atom. The molecule has 2 aromatic rings. The number of likely N-dealkylation sites (tertiary alicyclic amines) is 1. The van der Waals surface area contributed by atoms with E-state index in [1.165, 1.54) is 12.1 Å². The van der Waals surface area contributed by atoms with Crippen molar-refractivity contribution in [2.75, 3.05) is 13.1 Å². The van der Waals surface area contributed by atoms with E-state index in [2.05, 4.69) is 5.32 Å². The van der Waals surface area contributed by atoms with Gasteiger partial charge in [0.15, 0.2) is 0 Å². The highest BCUT2D eigenvalue weighted by atomic mass is 19.4. The van der Waals surface area contributed by atoms with Crippen molar-refractivity contribution in [1.82, 2.24) is 10.2 Å². The molecule has 1 saturated heterocycles. The number of rotatable bonds is 3. The van der Waals surface area contributed by atoms with Gasteiger partial charge in [-0.25, -0.2) is 4.39 Å². The van der Waals surface area contributed by atoms with Crippen LogP contribution in [0.1, 0.15) is 17.5 Å². The first kappa shape index (κ1) is 17.7. The first-order valence-electron chi connectivity index (χ1n) is 8.03. The summed E-state index contributed by atoms with van der Waals surface area (Å²) < 4.78 is 50.7. The molecule has 0 aliphatic carbocycles. The standard InChI is InChI=1S/C18H18F4N2O/c1-11-13(3-2-12-8-14(19)4-5-16(11)12)9-23-15-6-7-24(10-15)17(25)18(20,21)22/h2-5,8,15,23H,6-7,9-10H2,1H3/t15-/m1/s1. The molecule has 1 atom stereocenters. The lowest BCUT2D eigenvalue weighted by atomic mass is 9.99. The van der Waals surface area contributed by atoms with E-state index < -0.39 is 12.1 Å². The predicted octanol–water partition coefficient (Wildman–Crippen LogP) is 3.54. The molecule has 0 aromatic heterocycles. The van der Waals surface area contributed by atoms with Gasteiger partial charge < -0.3 is 10.2 Å². The number of carbonyl (C=O) groups is 1. The third-order valence-corrected chi connectivity index (χ3v) is 4.66. The fourth-order valence-electron chi connectivity index (χ4n) is 3.24. The van der Waals surface area contributed by atoms with Crippen LogP contribution >= 0.6 is 0 Å². The number of halogens is 4. The Kier molecular flexibility index (Phi) is 4.69. The molecule has 25 heavy (non-hydrogen) atoms. The van der Waals surface area contributed by atoms with Gasteiger partial charge in [-0.05, 0) is 47.4 Å². The van der Waals surface area contributed by atoms with Crippen molar-refractivity contribution in [1.29, 1.82) is 0 Å². The van der Waals surface area contributed by atoms with Crippen LogP contribution in [0.5, 0.6) is 0 Å². The molecule has 0 bridgehead atoms. The minimum Gasteiger partial charge on any atom is -0.333 e. The van der Waals surface area contributed by atoms with Gasteiger partial charge in [0.25, 0.3) is 0 Å². The van der Waals surface area contributed by atoms with Crippen molar-refractivity contribution in [2.24, 2.45) is 0 Å². The molecular formula is C18H18F4N2O. The molecule has 1 aliphatic heterocycles. The Labute approximate surface area is 142 Å². The van der Waals surface area contributed by atoms with Crippen molar-refractivity contribution in [2.45, 2.75) is 32.1 Å². The Hall–Kier alpha value is -2.15. The van der Waals surface area contributed by atoms with Crippen molar-refractivity contribution in [3.8, 4) is 0 Å². The number of amides is 1. The second-order valence-electron chi connectivity index (χ2n) is 6.33. The van der Waals surface area contributed by atoms with Crippen LogP contribution < -0.4 is 5.32 Å². The number of nitrogens with zero attached hydrogens (tertiary/aromatic N) is 1. The summed E-state index contributed by atoms with van der Waals surface area (Å²) in [4.78, 5) is 12.1. The van der Waals surface area contributed by atoms with E-state index in [0.29, 0.717) is 13.0 Å². The first-order valence-corrected chi connectivity index (χ1v) is 8.03. The molecule has 1 fully saturated rings. The van der Waals surface area contributed by atoms with Crippen LogP contribution in [0.3, 0.4) is 0 Å². The average Bonchev–Trinajstić information content (AvgIpc) is 3.01. The van der Waals surface area contributed by atoms with Crippen LogP contribution in [0, 0.1) is 12.7 Å². The first-order chi connectivity index (χ1) is 11.8. The number of nitrogens with one attached hydrogen (secondary N) is 1. The van der Waals surface area contributed by atoms with Crippen molar-refractivity contribution >= 4 is 16.7 Å². The molecule has 1 amide bonds. The van der Waals surface area contributed by atoms with E-state index in [1.54, 1.807) is 6.07 Å². The predicted molar refractivity (Wildman–Crippen MR) is 86.5 cm³/mol. The molecule has 7 heteroatoms. The van der Waals surface area contributed by atoms with Crippen molar-refractivity contribution in [3.63, 3.8) is 0 Å². The van der Waals surface area contributed by atoms with Gasteiger partial charge in [0.2, 0.25) is 0 Å². The highest BCUT2D eigenvalue weighted by Crippen LogP contribution is 2.24. The second-order valence-corrected chi connectivity index (χ2v) is 6.33. The summed E-state index contributed by atoms with van der Waals surface area (Å²) in [5.74, 6) is -2.07. The van der Waals surface area contributed by atoms with Gasteiger partial charge in [-0.3, -0.25) is 4.79 Å². The molecule has 0 spiro atoms. The van der Waals surface area contributed by atoms with E-state index in [4.69, 9.17) is 0 Å². The zero-order valence-electron chi connectivity index (χ0n) is 13.7. The van der Waals surface area contributed by atoms with Gasteiger partial charge in [-0.1, -0.05) is 18.2 Å². The maximum atomic E-state index is 13.3. The number of benzene rings is 2. The van der Waals surface area contributed by atoms with Gasteiger partial charge in [-0.15, -0.1) is 0 Å². The summed E-state index contributed by atoms with van der Waals surface area (Å²) in [6, 6.07) is 8.15. The van der Waals surface area contributed by atoms with Gasteiger partial charge in [0, 0.05) is 25.7 Å². The van der Waals surface area contributed by atoms with Crippen LogP contribution in [-0.2, 0) is 11.3 Å². The topological polar surface area (TPSA) is 32.3 Å². The third-order valence-electron chi connectivity index (χ3n) is 4.66. The van der Waals surface area contributed by atoms with E-state index in [0.717, 1.165) is 26.8 Å². The van der Waals surface area contributed by atoms with Gasteiger partial charge in [0.1, 0.15) is 5.82 Å². The smallest absolute Gasteiger partial charge is 0.333 e. The summed E-state index contributed by atoms with van der Waals surface area (Å²) in [6.45, 7) is 2.57. The molecular weight excluding hydrogens is 336 g/mol. The quantitative estimate of drug-likeness (QED) is 0.855. The second kappa shape index (κ2) is 6.63. The summed E-state index contributed by atoms with van der Waals surface area (Å²) >= 11 is 0. The highest BCUT2D eigenvalue weighted by Gasteiger charge is 2.44. The molecule has 0 radical (unpaired) electrons. The zero-order valence-corrected chi connectivity index (χ0v) is 13.7. The minimum absolute atomic E-state index is 0.0518. The molecule has 1 heterocycles. The van der Waals surface area contributed by atoms with E-state index in [-0.39, 0.29) is 24.9 Å². The number of hydrogen-bond donors (Lipinski definition) is 1. The highest BCUT2D eigenvalue weighted by molar-refractivity contribution is 5.86. The number of hydrogen-bond acceptors (Lipinski definition) is 2. The molecule has 0 saturated carbocycles. The molecule has 1 N–H and O–H groups in total. The number of alkyl halides is 3. The normalized spacial score (nSPS) is 18.1. The Morgan fingerprint density at radius 1 is 1.28 bits per heavy atom. The molecule has 3 rings (SSSR count). The van der Waals surface area contributed by atoms with Crippen LogP contribution in [-0.4, -0.2) is 36.1 Å². The summed E-state index contributed by atoms with van der Waals surface area (Å²) in [5, 5.41) is 4.97. The maximum Gasteiger partial charge on any atom is 0.471 e. The Morgan fingerprint density at radius 2 is 2.04 bits per heavy atom. The molecule has 0 unspecified atom stereocenters. The molecule has 2 aromatic carbocycles. The molecule has 134 valence electrons. The lowest BCUT2D eigenvalue weighted by Gasteiger charge is -2.19. The summed E-state index contributed by atoms with van der Waals surface area (Å²) in [7, 11) is 0. The molecule has 3 nitrogen and oxygen atoms in total. The number of fused-ring (bicyclic) bond motifs is 1. The SMILES string of the molecule is Cc1c(CN[C@@H]2CCN(C(=O)C(F)(F)F)C2)ccc2cc(F)ccc12. The zero-order chi connectivity index (χ0) is 18.2. The third kappa shape index (κ3) is 3.76. The maximum absolute atomic E-state index is 13.3. The monoisotopic (exact) mass is 354 g/mol.